The SMILES string of the molecule is C=CC(=O)Cl.OCC(O)CC(F)(C(F)(F)F)C(F)(F)F. The van der Waals surface area contributed by atoms with Gasteiger partial charge in [-0.3, -0.25) is 4.79 Å². The minimum atomic E-state index is -6.19. The summed E-state index contributed by atoms with van der Waals surface area (Å²) in [5, 5.41) is 16.0. The molecule has 0 aromatic rings. The molecule has 20 heavy (non-hydrogen) atoms. The van der Waals surface area contributed by atoms with Crippen molar-refractivity contribution in [1.29, 1.82) is 0 Å². The van der Waals surface area contributed by atoms with E-state index in [0.29, 0.717) is 0 Å². The van der Waals surface area contributed by atoms with Crippen molar-refractivity contribution < 1.29 is 45.7 Å². The first-order valence-corrected chi connectivity index (χ1v) is 5.04. The smallest absolute Gasteiger partial charge is 0.394 e. The van der Waals surface area contributed by atoms with Crippen LogP contribution in [-0.2, 0) is 4.79 Å². The van der Waals surface area contributed by atoms with Gasteiger partial charge < -0.3 is 10.2 Å². The number of aliphatic hydroxyl groups excluding tert-OH is 2. The molecule has 0 radical (unpaired) electrons. The van der Waals surface area contributed by atoms with Crippen LogP contribution in [0, 0.1) is 0 Å². The van der Waals surface area contributed by atoms with Crippen molar-refractivity contribution in [2.45, 2.75) is 30.5 Å². The van der Waals surface area contributed by atoms with E-state index in [1.54, 1.807) is 0 Å². The molecule has 1 atom stereocenters. The molecule has 0 rings (SSSR count). The van der Waals surface area contributed by atoms with Gasteiger partial charge in [-0.15, -0.1) is 0 Å². The van der Waals surface area contributed by atoms with Crippen molar-refractivity contribution in [2.75, 3.05) is 6.61 Å². The second kappa shape index (κ2) is 7.79. The molecule has 0 saturated heterocycles. The van der Waals surface area contributed by atoms with E-state index in [1.165, 1.54) is 0 Å². The Balaban J connectivity index is 0. The van der Waals surface area contributed by atoms with E-state index in [9.17, 15) is 35.5 Å². The third kappa shape index (κ3) is 6.53. The van der Waals surface area contributed by atoms with Crippen molar-refractivity contribution >= 4 is 16.8 Å². The summed E-state index contributed by atoms with van der Waals surface area (Å²) in [5.41, 5.74) is -5.51. The summed E-state index contributed by atoms with van der Waals surface area (Å²) in [4.78, 5) is 9.46. The van der Waals surface area contributed by atoms with Crippen LogP contribution in [0.25, 0.3) is 0 Å². The Morgan fingerprint density at radius 1 is 1.15 bits per heavy atom. The van der Waals surface area contributed by atoms with Gasteiger partial charge in [0.15, 0.2) is 0 Å². The maximum absolute atomic E-state index is 12.7. The maximum Gasteiger partial charge on any atom is 0.431 e. The predicted molar refractivity (Wildman–Crippen MR) is 54.7 cm³/mol. The normalized spacial score (nSPS) is 14.1. The molecule has 0 aliphatic heterocycles. The van der Waals surface area contributed by atoms with Crippen LogP contribution in [0.15, 0.2) is 12.7 Å². The summed E-state index contributed by atoms with van der Waals surface area (Å²) >= 11 is 4.71. The lowest BCUT2D eigenvalue weighted by atomic mass is 9.97. The van der Waals surface area contributed by atoms with Crippen LogP contribution in [0.3, 0.4) is 0 Å². The summed E-state index contributed by atoms with van der Waals surface area (Å²) in [5.74, 6) is 0. The van der Waals surface area contributed by atoms with E-state index in [4.69, 9.17) is 21.8 Å². The molecule has 0 aromatic heterocycles. The summed E-state index contributed by atoms with van der Waals surface area (Å²) in [6.07, 6.45) is -16.1. The average Bonchev–Trinajstić information content (AvgIpc) is 2.26. The topological polar surface area (TPSA) is 57.5 Å². The van der Waals surface area contributed by atoms with E-state index >= 15 is 0 Å². The Hall–Kier alpha value is -0.870. The van der Waals surface area contributed by atoms with Crippen molar-refractivity contribution in [3.8, 4) is 0 Å². The van der Waals surface area contributed by atoms with Gasteiger partial charge in [0.25, 0.3) is 0 Å². The van der Waals surface area contributed by atoms with Gasteiger partial charge in [-0.05, 0) is 17.7 Å². The molecule has 11 heteroatoms. The van der Waals surface area contributed by atoms with Gasteiger partial charge in [-0.1, -0.05) is 6.58 Å². The first-order valence-electron chi connectivity index (χ1n) is 4.66. The number of rotatable bonds is 4. The van der Waals surface area contributed by atoms with Crippen molar-refractivity contribution in [2.24, 2.45) is 0 Å². The highest BCUT2D eigenvalue weighted by molar-refractivity contribution is 6.66. The van der Waals surface area contributed by atoms with Crippen LogP contribution < -0.4 is 0 Å². The third-order valence-electron chi connectivity index (χ3n) is 1.79. The standard InChI is InChI=1S/C6H7F7O2.C3H3ClO/c7-4(5(8,9)10,6(11,12)13)1-3(15)2-14;1-2-3(4)5/h3,14-15H,1-2H2;2H,1H2. The minimum Gasteiger partial charge on any atom is -0.394 e. The first kappa shape index (κ1) is 21.4. The van der Waals surface area contributed by atoms with Crippen LogP contribution in [0.2, 0.25) is 0 Å². The lowest BCUT2D eigenvalue weighted by molar-refractivity contribution is -0.347. The monoisotopic (exact) mass is 334 g/mol. The van der Waals surface area contributed by atoms with Crippen LogP contribution in [-0.4, -0.2) is 46.2 Å². The van der Waals surface area contributed by atoms with Crippen LogP contribution >= 0.6 is 11.6 Å². The summed E-state index contributed by atoms with van der Waals surface area (Å²) < 4.78 is 83.6. The number of carbonyl (C=O) groups is 1. The van der Waals surface area contributed by atoms with E-state index in [1.807, 2.05) is 0 Å². The van der Waals surface area contributed by atoms with E-state index < -0.39 is 42.4 Å². The zero-order valence-corrected chi connectivity index (χ0v) is 10.4. The molecule has 0 aliphatic carbocycles. The molecule has 0 spiro atoms. The molecule has 0 amide bonds. The lowest BCUT2D eigenvalue weighted by Crippen LogP contribution is -2.55. The number of allylic oxidation sites excluding steroid dienone is 1. The number of alkyl halides is 7. The molecule has 0 saturated carbocycles. The van der Waals surface area contributed by atoms with Gasteiger partial charge >= 0.3 is 18.0 Å². The maximum atomic E-state index is 12.7. The minimum absolute atomic E-state index is 0.509. The van der Waals surface area contributed by atoms with E-state index in [2.05, 4.69) is 6.58 Å². The van der Waals surface area contributed by atoms with Gasteiger partial charge in [-0.2, -0.15) is 26.3 Å². The Bertz CT molecular complexity index is 312. The van der Waals surface area contributed by atoms with Crippen LogP contribution in [0.5, 0.6) is 0 Å². The second-order valence-electron chi connectivity index (χ2n) is 3.35. The highest BCUT2D eigenvalue weighted by atomic mass is 35.5. The number of carbonyl (C=O) groups excluding carboxylic acids is 1. The second-order valence-corrected chi connectivity index (χ2v) is 3.72. The number of aliphatic hydroxyl groups is 2. The fourth-order valence-corrected chi connectivity index (χ4v) is 0.781. The number of hydrogen-bond donors (Lipinski definition) is 2. The van der Waals surface area contributed by atoms with Crippen molar-refractivity contribution in [3.63, 3.8) is 0 Å². The quantitative estimate of drug-likeness (QED) is 0.472. The Labute approximate surface area is 113 Å². The van der Waals surface area contributed by atoms with Gasteiger partial charge in [0.1, 0.15) is 0 Å². The lowest BCUT2D eigenvalue weighted by Gasteiger charge is -2.31. The highest BCUT2D eigenvalue weighted by Crippen LogP contribution is 2.48. The molecule has 0 bridgehead atoms. The van der Waals surface area contributed by atoms with E-state index in [0.717, 1.165) is 6.08 Å². The summed E-state index contributed by atoms with van der Waals surface area (Å²) in [6.45, 7) is 1.69. The van der Waals surface area contributed by atoms with Gasteiger partial charge in [0.2, 0.25) is 5.24 Å². The Morgan fingerprint density at radius 2 is 1.45 bits per heavy atom. The molecule has 2 N–H and O–H groups in total. The zero-order chi connectivity index (χ0) is 16.8. The van der Waals surface area contributed by atoms with Crippen molar-refractivity contribution in [1.82, 2.24) is 0 Å². The molecule has 0 aliphatic rings. The Kier molecular flexibility index (Phi) is 8.35. The highest BCUT2D eigenvalue weighted by Gasteiger charge is 2.72. The fourth-order valence-electron chi connectivity index (χ4n) is 0.781. The molecule has 0 fully saturated rings. The summed E-state index contributed by atoms with van der Waals surface area (Å²) in [6, 6.07) is 0. The van der Waals surface area contributed by atoms with Gasteiger partial charge in [0, 0.05) is 6.42 Å². The fraction of sp³-hybridized carbons (Fsp3) is 0.667. The van der Waals surface area contributed by atoms with Crippen LogP contribution in [0.4, 0.5) is 30.7 Å². The molecule has 0 heterocycles. The van der Waals surface area contributed by atoms with Gasteiger partial charge in [0.05, 0.1) is 12.7 Å². The first-order chi connectivity index (χ1) is 8.72. The van der Waals surface area contributed by atoms with E-state index in [-0.39, 0.29) is 0 Å². The number of hydrogen-bond acceptors (Lipinski definition) is 3. The van der Waals surface area contributed by atoms with Crippen molar-refractivity contribution in [3.05, 3.63) is 12.7 Å². The van der Waals surface area contributed by atoms with Crippen LogP contribution in [0.1, 0.15) is 6.42 Å². The average molecular weight is 335 g/mol. The molecule has 0 aromatic carbocycles. The molecule has 1 unspecified atom stereocenters. The largest absolute Gasteiger partial charge is 0.431 e. The van der Waals surface area contributed by atoms with Gasteiger partial charge in [-0.25, -0.2) is 4.39 Å². The summed E-state index contributed by atoms with van der Waals surface area (Å²) in [7, 11) is 0. The molecule has 3 nitrogen and oxygen atoms in total. The zero-order valence-electron chi connectivity index (χ0n) is 9.60. The molecular formula is C9H10ClF7O3. The number of halogens is 8. The molecule has 120 valence electrons. The Morgan fingerprint density at radius 3 is 1.60 bits per heavy atom. The third-order valence-corrected chi connectivity index (χ3v) is 1.94. The molecular weight excluding hydrogens is 325 g/mol. The predicted octanol–water partition coefficient (Wildman–Crippen LogP) is 2.50.